The van der Waals surface area contributed by atoms with Crippen LogP contribution in [0, 0.1) is 16.7 Å². The second-order valence-electron chi connectivity index (χ2n) is 7.08. The Morgan fingerprint density at radius 3 is 2.71 bits per heavy atom. The summed E-state index contributed by atoms with van der Waals surface area (Å²) in [5.74, 6) is 1.13. The first-order valence-electron chi connectivity index (χ1n) is 6.95. The number of piperazine rings is 1. The van der Waals surface area contributed by atoms with Crippen molar-refractivity contribution in [3.8, 4) is 0 Å². The maximum atomic E-state index is 12.2. The predicted octanol–water partition coefficient (Wildman–Crippen LogP) is 1.63. The van der Waals surface area contributed by atoms with E-state index in [0.29, 0.717) is 29.3 Å². The van der Waals surface area contributed by atoms with Gasteiger partial charge in [0.2, 0.25) is 5.91 Å². The lowest BCUT2D eigenvalue weighted by molar-refractivity contribution is -0.141. The van der Waals surface area contributed by atoms with Crippen molar-refractivity contribution in [3.05, 3.63) is 0 Å². The Morgan fingerprint density at radius 1 is 1.35 bits per heavy atom. The standard InChI is InChI=1S/C14H24N2O/c1-13(2)10-4-5-14(3,8-10)12(13)16-7-6-15-9-11(16)17/h10,12,15H,4-9H2,1-3H3. The fraction of sp³-hybridized carbons (Fsp3) is 0.929. The van der Waals surface area contributed by atoms with Crippen molar-refractivity contribution in [2.75, 3.05) is 19.6 Å². The summed E-state index contributed by atoms with van der Waals surface area (Å²) in [6.07, 6.45) is 3.99. The van der Waals surface area contributed by atoms with Gasteiger partial charge < -0.3 is 10.2 Å². The van der Waals surface area contributed by atoms with Crippen LogP contribution in [0.1, 0.15) is 40.0 Å². The number of hydrogen-bond acceptors (Lipinski definition) is 2. The fourth-order valence-corrected chi connectivity index (χ4v) is 4.95. The van der Waals surface area contributed by atoms with Gasteiger partial charge in [0.1, 0.15) is 0 Å². The van der Waals surface area contributed by atoms with Gasteiger partial charge in [-0.25, -0.2) is 0 Å². The van der Waals surface area contributed by atoms with E-state index in [2.05, 4.69) is 31.0 Å². The molecule has 2 bridgehead atoms. The number of hydrogen-bond donors (Lipinski definition) is 1. The molecular weight excluding hydrogens is 212 g/mol. The quantitative estimate of drug-likeness (QED) is 0.750. The lowest BCUT2D eigenvalue weighted by atomic mass is 9.67. The zero-order chi connectivity index (χ0) is 12.3. The van der Waals surface area contributed by atoms with Gasteiger partial charge in [-0.2, -0.15) is 0 Å². The molecule has 1 aliphatic heterocycles. The number of carbonyl (C=O) groups is 1. The van der Waals surface area contributed by atoms with Gasteiger partial charge in [0.15, 0.2) is 0 Å². The van der Waals surface area contributed by atoms with E-state index in [1.807, 2.05) is 0 Å². The SMILES string of the molecule is CC12CCC(C1)C(C)(C)C2N1CCNCC1=O. The molecule has 0 radical (unpaired) electrons. The molecule has 96 valence electrons. The Labute approximate surface area is 104 Å². The van der Waals surface area contributed by atoms with Gasteiger partial charge in [-0.1, -0.05) is 20.8 Å². The van der Waals surface area contributed by atoms with Crippen molar-refractivity contribution in [2.45, 2.75) is 46.1 Å². The number of nitrogens with zero attached hydrogens (tertiary/aromatic N) is 1. The molecule has 1 saturated heterocycles. The molecule has 0 aromatic rings. The first kappa shape index (κ1) is 11.5. The van der Waals surface area contributed by atoms with Gasteiger partial charge in [-0.3, -0.25) is 4.79 Å². The van der Waals surface area contributed by atoms with E-state index >= 15 is 0 Å². The largest absolute Gasteiger partial charge is 0.336 e. The van der Waals surface area contributed by atoms with Crippen molar-refractivity contribution in [1.29, 1.82) is 0 Å². The van der Waals surface area contributed by atoms with Crippen LogP contribution in [-0.2, 0) is 4.79 Å². The third-order valence-electron chi connectivity index (χ3n) is 5.63. The van der Waals surface area contributed by atoms with Crippen LogP contribution in [0.4, 0.5) is 0 Å². The van der Waals surface area contributed by atoms with Crippen LogP contribution >= 0.6 is 0 Å². The average Bonchev–Trinajstić information content (AvgIpc) is 2.72. The van der Waals surface area contributed by atoms with Crippen molar-refractivity contribution in [2.24, 2.45) is 16.7 Å². The molecule has 3 fully saturated rings. The summed E-state index contributed by atoms with van der Waals surface area (Å²) < 4.78 is 0. The summed E-state index contributed by atoms with van der Waals surface area (Å²) in [6.45, 7) is 9.55. The van der Waals surface area contributed by atoms with Gasteiger partial charge in [-0.15, -0.1) is 0 Å². The van der Waals surface area contributed by atoms with Gasteiger partial charge in [0, 0.05) is 19.1 Å². The molecule has 3 unspecified atom stereocenters. The number of nitrogens with one attached hydrogen (secondary N) is 1. The Kier molecular flexibility index (Phi) is 2.35. The summed E-state index contributed by atoms with van der Waals surface area (Å²) in [4.78, 5) is 14.3. The third kappa shape index (κ3) is 1.48. The van der Waals surface area contributed by atoms with Crippen molar-refractivity contribution < 1.29 is 4.79 Å². The Hall–Kier alpha value is -0.570. The molecule has 3 rings (SSSR count). The summed E-state index contributed by atoms with van der Waals surface area (Å²) in [5.41, 5.74) is 0.682. The van der Waals surface area contributed by atoms with Crippen LogP contribution in [0.3, 0.4) is 0 Å². The lowest BCUT2D eigenvalue weighted by Crippen LogP contribution is -2.60. The van der Waals surface area contributed by atoms with Crippen LogP contribution < -0.4 is 5.32 Å². The van der Waals surface area contributed by atoms with E-state index < -0.39 is 0 Å². The number of amides is 1. The summed E-state index contributed by atoms with van der Waals surface area (Å²) in [6, 6.07) is 0.461. The third-order valence-corrected chi connectivity index (χ3v) is 5.63. The van der Waals surface area contributed by atoms with Gasteiger partial charge >= 0.3 is 0 Å². The molecule has 0 aromatic heterocycles. The van der Waals surface area contributed by atoms with Gasteiger partial charge in [-0.05, 0) is 36.0 Å². The zero-order valence-electron chi connectivity index (χ0n) is 11.3. The number of fused-ring (bicyclic) bond motifs is 2. The Balaban J connectivity index is 1.93. The molecule has 1 heterocycles. The Bertz CT molecular complexity index is 347. The molecule has 1 amide bonds. The van der Waals surface area contributed by atoms with E-state index in [9.17, 15) is 4.79 Å². The van der Waals surface area contributed by atoms with E-state index in [1.54, 1.807) is 0 Å². The minimum absolute atomic E-state index is 0.306. The predicted molar refractivity (Wildman–Crippen MR) is 67.6 cm³/mol. The monoisotopic (exact) mass is 236 g/mol. The smallest absolute Gasteiger partial charge is 0.236 e. The molecule has 2 saturated carbocycles. The summed E-state index contributed by atoms with van der Waals surface area (Å²) in [7, 11) is 0. The van der Waals surface area contributed by atoms with E-state index in [0.717, 1.165) is 19.0 Å². The van der Waals surface area contributed by atoms with E-state index in [1.165, 1.54) is 19.3 Å². The first-order valence-corrected chi connectivity index (χ1v) is 6.95. The minimum Gasteiger partial charge on any atom is -0.336 e. The molecule has 0 aromatic carbocycles. The molecule has 3 heteroatoms. The highest BCUT2D eigenvalue weighted by Gasteiger charge is 2.61. The second-order valence-corrected chi connectivity index (χ2v) is 7.08. The lowest BCUT2D eigenvalue weighted by Gasteiger charge is -2.50. The number of rotatable bonds is 1. The van der Waals surface area contributed by atoms with E-state index in [-0.39, 0.29) is 0 Å². The number of carbonyl (C=O) groups excluding carboxylic acids is 1. The summed E-state index contributed by atoms with van der Waals surface area (Å²) in [5, 5.41) is 3.18. The topological polar surface area (TPSA) is 32.3 Å². The highest BCUT2D eigenvalue weighted by Crippen LogP contribution is 2.64. The highest BCUT2D eigenvalue weighted by molar-refractivity contribution is 5.79. The maximum absolute atomic E-state index is 12.2. The maximum Gasteiger partial charge on any atom is 0.236 e. The Morgan fingerprint density at radius 2 is 2.12 bits per heavy atom. The van der Waals surface area contributed by atoms with E-state index in [4.69, 9.17) is 0 Å². The molecule has 1 N–H and O–H groups in total. The first-order chi connectivity index (χ1) is 7.95. The molecule has 3 nitrogen and oxygen atoms in total. The zero-order valence-corrected chi connectivity index (χ0v) is 11.3. The summed E-state index contributed by atoms with van der Waals surface area (Å²) >= 11 is 0. The normalized spacial score (nSPS) is 44.4. The van der Waals surface area contributed by atoms with Crippen molar-refractivity contribution in [1.82, 2.24) is 10.2 Å². The van der Waals surface area contributed by atoms with Crippen LogP contribution in [-0.4, -0.2) is 36.5 Å². The van der Waals surface area contributed by atoms with Gasteiger partial charge in [0.25, 0.3) is 0 Å². The van der Waals surface area contributed by atoms with Crippen molar-refractivity contribution in [3.63, 3.8) is 0 Å². The molecule has 0 spiro atoms. The van der Waals surface area contributed by atoms with Gasteiger partial charge in [0.05, 0.1) is 6.54 Å². The molecule has 3 atom stereocenters. The molecule has 3 aliphatic rings. The average molecular weight is 236 g/mol. The second kappa shape index (κ2) is 3.47. The highest BCUT2D eigenvalue weighted by atomic mass is 16.2. The molecule has 2 aliphatic carbocycles. The van der Waals surface area contributed by atoms with Crippen LogP contribution in [0.5, 0.6) is 0 Å². The van der Waals surface area contributed by atoms with Crippen LogP contribution in [0.15, 0.2) is 0 Å². The minimum atomic E-state index is 0.306. The van der Waals surface area contributed by atoms with Crippen molar-refractivity contribution >= 4 is 5.91 Å². The fourth-order valence-electron chi connectivity index (χ4n) is 4.95. The van der Waals surface area contributed by atoms with Crippen LogP contribution in [0.25, 0.3) is 0 Å². The van der Waals surface area contributed by atoms with Crippen LogP contribution in [0.2, 0.25) is 0 Å². The molecular formula is C14H24N2O. The molecule has 17 heavy (non-hydrogen) atoms.